The van der Waals surface area contributed by atoms with Gasteiger partial charge in [0.2, 0.25) is 0 Å². The van der Waals surface area contributed by atoms with Gasteiger partial charge in [-0.1, -0.05) is 0 Å². The average Bonchev–Trinajstić information content (AvgIpc) is 2.35. The number of carboxylic acid groups (broad SMARTS) is 1. The molecule has 0 saturated heterocycles. The standard InChI is InChI=1S/C13H18N2O4/c1-8(6-7-19-3)14-12(16)11-5-4-10(13(17)18)9(2)15-11/h4-5,8H,6-7H2,1-3H3,(H,14,16)(H,17,18). The topological polar surface area (TPSA) is 88.5 Å². The van der Waals surface area contributed by atoms with Crippen LogP contribution in [-0.2, 0) is 4.74 Å². The molecule has 0 saturated carbocycles. The SMILES string of the molecule is COCCC(C)NC(=O)c1ccc(C(=O)O)c(C)n1. The van der Waals surface area contributed by atoms with Gasteiger partial charge >= 0.3 is 5.97 Å². The van der Waals surface area contributed by atoms with Crippen LogP contribution >= 0.6 is 0 Å². The second-order valence-electron chi connectivity index (χ2n) is 4.29. The van der Waals surface area contributed by atoms with E-state index < -0.39 is 5.97 Å². The first kappa shape index (κ1) is 15.1. The molecule has 0 bridgehead atoms. The molecule has 0 aromatic carbocycles. The van der Waals surface area contributed by atoms with Crippen LogP contribution in [0.25, 0.3) is 0 Å². The van der Waals surface area contributed by atoms with Crippen molar-refractivity contribution in [3.05, 3.63) is 29.1 Å². The Hall–Kier alpha value is -1.95. The maximum Gasteiger partial charge on any atom is 0.337 e. The summed E-state index contributed by atoms with van der Waals surface area (Å²) in [5.74, 6) is -1.37. The molecule has 0 aliphatic carbocycles. The quantitative estimate of drug-likeness (QED) is 0.808. The minimum absolute atomic E-state index is 0.0336. The molecule has 1 aromatic rings. The molecule has 104 valence electrons. The molecule has 19 heavy (non-hydrogen) atoms. The summed E-state index contributed by atoms with van der Waals surface area (Å²) in [4.78, 5) is 26.7. The molecule has 0 fully saturated rings. The van der Waals surface area contributed by atoms with E-state index in [9.17, 15) is 9.59 Å². The third-order valence-corrected chi connectivity index (χ3v) is 2.68. The highest BCUT2D eigenvalue weighted by atomic mass is 16.5. The molecule has 6 heteroatoms. The number of hydrogen-bond donors (Lipinski definition) is 2. The number of ether oxygens (including phenoxy) is 1. The van der Waals surface area contributed by atoms with Crippen LogP contribution < -0.4 is 5.32 Å². The molecule has 1 rings (SSSR count). The van der Waals surface area contributed by atoms with Crippen LogP contribution in [0.1, 0.15) is 39.9 Å². The molecule has 6 nitrogen and oxygen atoms in total. The molecule has 1 atom stereocenters. The summed E-state index contributed by atoms with van der Waals surface area (Å²) < 4.78 is 4.93. The summed E-state index contributed by atoms with van der Waals surface area (Å²) in [6.07, 6.45) is 0.703. The number of aromatic nitrogens is 1. The number of aryl methyl sites for hydroxylation is 1. The van der Waals surface area contributed by atoms with E-state index in [0.29, 0.717) is 18.7 Å². The molecule has 0 spiro atoms. The van der Waals surface area contributed by atoms with Gasteiger partial charge in [0, 0.05) is 19.8 Å². The predicted molar refractivity (Wildman–Crippen MR) is 69.4 cm³/mol. The van der Waals surface area contributed by atoms with Crippen molar-refractivity contribution < 1.29 is 19.4 Å². The lowest BCUT2D eigenvalue weighted by molar-refractivity contribution is 0.0694. The van der Waals surface area contributed by atoms with Crippen LogP contribution in [0, 0.1) is 6.92 Å². The number of methoxy groups -OCH3 is 1. The second kappa shape index (κ2) is 6.84. The number of rotatable bonds is 6. The number of nitrogens with zero attached hydrogens (tertiary/aromatic N) is 1. The van der Waals surface area contributed by atoms with Crippen molar-refractivity contribution in [3.8, 4) is 0 Å². The van der Waals surface area contributed by atoms with Gasteiger partial charge in [-0.25, -0.2) is 9.78 Å². The van der Waals surface area contributed by atoms with Gasteiger partial charge in [0.05, 0.1) is 11.3 Å². The Kier molecular flexibility index (Phi) is 5.44. The maximum atomic E-state index is 11.9. The fourth-order valence-electron chi connectivity index (χ4n) is 1.58. The fraction of sp³-hybridized carbons (Fsp3) is 0.462. The van der Waals surface area contributed by atoms with Gasteiger partial charge < -0.3 is 15.2 Å². The first-order chi connectivity index (χ1) is 8.95. The van der Waals surface area contributed by atoms with Crippen molar-refractivity contribution in [1.82, 2.24) is 10.3 Å². The summed E-state index contributed by atoms with van der Waals surface area (Å²) in [5.41, 5.74) is 0.639. The Bertz CT molecular complexity index is 474. The van der Waals surface area contributed by atoms with E-state index in [2.05, 4.69) is 10.3 Å². The van der Waals surface area contributed by atoms with E-state index in [1.165, 1.54) is 12.1 Å². The van der Waals surface area contributed by atoms with Crippen LogP contribution in [0.15, 0.2) is 12.1 Å². The van der Waals surface area contributed by atoms with E-state index in [1.807, 2.05) is 6.92 Å². The van der Waals surface area contributed by atoms with Crippen LogP contribution in [0.4, 0.5) is 0 Å². The molecule has 0 aliphatic heterocycles. The van der Waals surface area contributed by atoms with Crippen LogP contribution in [0.5, 0.6) is 0 Å². The van der Waals surface area contributed by atoms with Gasteiger partial charge in [0.15, 0.2) is 0 Å². The highest BCUT2D eigenvalue weighted by molar-refractivity contribution is 5.94. The third-order valence-electron chi connectivity index (χ3n) is 2.68. The van der Waals surface area contributed by atoms with Gasteiger partial charge in [0.25, 0.3) is 5.91 Å². The van der Waals surface area contributed by atoms with E-state index >= 15 is 0 Å². The highest BCUT2D eigenvalue weighted by Crippen LogP contribution is 2.07. The van der Waals surface area contributed by atoms with Gasteiger partial charge in [0.1, 0.15) is 5.69 Å². The first-order valence-corrected chi connectivity index (χ1v) is 5.96. The maximum absolute atomic E-state index is 11.9. The van der Waals surface area contributed by atoms with Crippen molar-refractivity contribution >= 4 is 11.9 Å². The summed E-state index contributed by atoms with van der Waals surface area (Å²) in [7, 11) is 1.60. The Morgan fingerprint density at radius 3 is 2.68 bits per heavy atom. The summed E-state index contributed by atoms with van der Waals surface area (Å²) in [6.45, 7) is 4.00. The smallest absolute Gasteiger partial charge is 0.337 e. The number of carbonyl (C=O) groups excluding carboxylic acids is 1. The highest BCUT2D eigenvalue weighted by Gasteiger charge is 2.14. The molecule has 1 amide bonds. The predicted octanol–water partition coefficient (Wildman–Crippen LogP) is 1.24. The van der Waals surface area contributed by atoms with Crippen LogP contribution in [0.3, 0.4) is 0 Å². The summed E-state index contributed by atoms with van der Waals surface area (Å²) in [5, 5.41) is 11.7. The zero-order chi connectivity index (χ0) is 14.4. The number of pyridine rings is 1. The van der Waals surface area contributed by atoms with Gasteiger partial charge in [-0.3, -0.25) is 4.79 Å². The number of amides is 1. The number of carboxylic acids is 1. The van der Waals surface area contributed by atoms with Crippen molar-refractivity contribution in [1.29, 1.82) is 0 Å². The van der Waals surface area contributed by atoms with E-state index in [4.69, 9.17) is 9.84 Å². The van der Waals surface area contributed by atoms with Gasteiger partial charge in [-0.15, -0.1) is 0 Å². The molecule has 0 radical (unpaired) electrons. The van der Waals surface area contributed by atoms with Crippen molar-refractivity contribution in [2.45, 2.75) is 26.3 Å². The minimum Gasteiger partial charge on any atom is -0.478 e. The lowest BCUT2D eigenvalue weighted by Gasteiger charge is -2.13. The van der Waals surface area contributed by atoms with E-state index in [0.717, 1.165) is 0 Å². The molecular formula is C13H18N2O4. The van der Waals surface area contributed by atoms with E-state index in [1.54, 1.807) is 14.0 Å². The lowest BCUT2D eigenvalue weighted by Crippen LogP contribution is -2.34. The summed E-state index contributed by atoms with van der Waals surface area (Å²) in [6, 6.07) is 2.77. The Morgan fingerprint density at radius 1 is 1.47 bits per heavy atom. The molecule has 1 heterocycles. The Labute approximate surface area is 111 Å². The van der Waals surface area contributed by atoms with Crippen molar-refractivity contribution in [3.63, 3.8) is 0 Å². The zero-order valence-electron chi connectivity index (χ0n) is 11.3. The molecule has 1 aromatic heterocycles. The average molecular weight is 266 g/mol. The Balaban J connectivity index is 2.72. The monoisotopic (exact) mass is 266 g/mol. The Morgan fingerprint density at radius 2 is 2.16 bits per heavy atom. The second-order valence-corrected chi connectivity index (χ2v) is 4.29. The third kappa shape index (κ3) is 4.33. The number of aromatic carboxylic acids is 1. The largest absolute Gasteiger partial charge is 0.478 e. The first-order valence-electron chi connectivity index (χ1n) is 5.96. The van der Waals surface area contributed by atoms with Crippen LogP contribution in [-0.4, -0.2) is 41.7 Å². The van der Waals surface area contributed by atoms with Gasteiger partial charge in [-0.2, -0.15) is 0 Å². The minimum atomic E-state index is -1.05. The molecule has 1 unspecified atom stereocenters. The van der Waals surface area contributed by atoms with Crippen molar-refractivity contribution in [2.75, 3.05) is 13.7 Å². The summed E-state index contributed by atoms with van der Waals surface area (Å²) >= 11 is 0. The number of carbonyl (C=O) groups is 2. The molecule has 0 aliphatic rings. The zero-order valence-corrected chi connectivity index (χ0v) is 11.3. The van der Waals surface area contributed by atoms with Crippen molar-refractivity contribution in [2.24, 2.45) is 0 Å². The number of nitrogens with one attached hydrogen (secondary N) is 1. The lowest BCUT2D eigenvalue weighted by atomic mass is 10.1. The molecular weight excluding hydrogens is 248 g/mol. The van der Waals surface area contributed by atoms with Gasteiger partial charge in [-0.05, 0) is 32.4 Å². The van der Waals surface area contributed by atoms with E-state index in [-0.39, 0.29) is 23.2 Å². The fourth-order valence-corrected chi connectivity index (χ4v) is 1.58. The normalized spacial score (nSPS) is 11.9. The van der Waals surface area contributed by atoms with Crippen LogP contribution in [0.2, 0.25) is 0 Å². The number of hydrogen-bond acceptors (Lipinski definition) is 4. The molecule has 2 N–H and O–H groups in total.